The molecule has 1 N–H and O–H groups in total. The highest BCUT2D eigenvalue weighted by Gasteiger charge is 2.16. The number of hydrogen-bond acceptors (Lipinski definition) is 3. The molecule has 0 spiro atoms. The van der Waals surface area contributed by atoms with Crippen molar-refractivity contribution in [3.8, 4) is 0 Å². The van der Waals surface area contributed by atoms with E-state index in [0.717, 1.165) is 32.7 Å². The number of rotatable bonds is 4. The van der Waals surface area contributed by atoms with Gasteiger partial charge in [0.1, 0.15) is 0 Å². The zero-order valence-electron chi connectivity index (χ0n) is 9.50. The smallest absolute Gasteiger partial charge is 0.234 e. The van der Waals surface area contributed by atoms with E-state index in [9.17, 15) is 4.79 Å². The largest absolute Gasteiger partial charge is 0.355 e. The minimum Gasteiger partial charge on any atom is -0.355 e. The Kier molecular flexibility index (Phi) is 5.84. The topological polar surface area (TPSA) is 35.6 Å². The molecule has 1 aliphatic heterocycles. The van der Waals surface area contributed by atoms with Gasteiger partial charge in [-0.2, -0.15) is 0 Å². The normalized spacial score (nSPS) is 19.5. The van der Waals surface area contributed by atoms with Gasteiger partial charge in [0.2, 0.25) is 5.91 Å². The van der Waals surface area contributed by atoms with Crippen LogP contribution in [0.1, 0.15) is 13.8 Å². The number of amides is 1. The Morgan fingerprint density at radius 3 is 2.47 bits per heavy atom. The highest BCUT2D eigenvalue weighted by Crippen LogP contribution is 2.05. The van der Waals surface area contributed by atoms with Gasteiger partial charge in [0, 0.05) is 55.6 Å². The van der Waals surface area contributed by atoms with E-state index >= 15 is 0 Å². The van der Waals surface area contributed by atoms with Crippen LogP contribution in [0.25, 0.3) is 0 Å². The molecule has 1 rings (SSSR count). The van der Waals surface area contributed by atoms with Crippen molar-refractivity contribution in [1.82, 2.24) is 13.3 Å². The molecule has 0 atom stereocenters. The summed E-state index contributed by atoms with van der Waals surface area (Å²) in [6, 6.07) is 0. The fraction of sp³-hybridized carbons (Fsp3) is 0.900. The maximum absolute atomic E-state index is 11.5. The van der Waals surface area contributed by atoms with Gasteiger partial charge in [-0.15, -0.1) is 0 Å². The predicted molar refractivity (Wildman–Crippen MR) is 69.9 cm³/mol. The summed E-state index contributed by atoms with van der Waals surface area (Å²) in [7, 11) is 0. The van der Waals surface area contributed by atoms with Crippen molar-refractivity contribution in [1.29, 1.82) is 0 Å². The van der Waals surface area contributed by atoms with E-state index < -0.39 is 0 Å². The van der Waals surface area contributed by atoms with E-state index in [0.29, 0.717) is 12.5 Å². The van der Waals surface area contributed by atoms with E-state index in [2.05, 4.69) is 50.0 Å². The first-order valence-electron chi connectivity index (χ1n) is 5.47. The Bertz CT molecular complexity index is 203. The van der Waals surface area contributed by atoms with Crippen LogP contribution in [0.4, 0.5) is 0 Å². The summed E-state index contributed by atoms with van der Waals surface area (Å²) in [5, 5.41) is 2.94. The molecule has 0 aromatic rings. The first-order valence-corrected chi connectivity index (χ1v) is 6.44. The van der Waals surface area contributed by atoms with Gasteiger partial charge in [-0.25, -0.2) is 3.11 Å². The highest BCUT2D eigenvalue weighted by molar-refractivity contribution is 14.1. The molecule has 88 valence electrons. The van der Waals surface area contributed by atoms with Crippen LogP contribution in [0.5, 0.6) is 0 Å². The SMILES string of the molecule is CC(C)CNC(=O)CN1CCN(I)CC1. The van der Waals surface area contributed by atoms with Gasteiger partial charge in [-0.3, -0.25) is 9.69 Å². The number of nitrogens with zero attached hydrogens (tertiary/aromatic N) is 2. The first-order chi connectivity index (χ1) is 7.08. The monoisotopic (exact) mass is 325 g/mol. The first kappa shape index (κ1) is 13.2. The van der Waals surface area contributed by atoms with E-state index in [1.807, 2.05) is 0 Å². The van der Waals surface area contributed by atoms with Crippen LogP contribution in [-0.2, 0) is 4.79 Å². The van der Waals surface area contributed by atoms with Crippen LogP contribution in [-0.4, -0.2) is 53.2 Å². The van der Waals surface area contributed by atoms with Crippen LogP contribution in [0.2, 0.25) is 0 Å². The summed E-state index contributed by atoms with van der Waals surface area (Å²) >= 11 is 2.33. The van der Waals surface area contributed by atoms with Crippen molar-refractivity contribution in [3.63, 3.8) is 0 Å². The van der Waals surface area contributed by atoms with Crippen LogP contribution >= 0.6 is 22.9 Å². The standard InChI is InChI=1S/C10H20IN3O/c1-9(2)7-12-10(15)8-13-3-5-14(11)6-4-13/h9H,3-8H2,1-2H3,(H,12,15). The van der Waals surface area contributed by atoms with Crippen molar-refractivity contribution >= 4 is 28.8 Å². The summed E-state index contributed by atoms with van der Waals surface area (Å²) in [4.78, 5) is 13.7. The van der Waals surface area contributed by atoms with Gasteiger partial charge in [-0.05, 0) is 5.92 Å². The van der Waals surface area contributed by atoms with Gasteiger partial charge in [0.15, 0.2) is 0 Å². The van der Waals surface area contributed by atoms with E-state index in [4.69, 9.17) is 0 Å². The Labute approximate surface area is 106 Å². The fourth-order valence-corrected chi connectivity index (χ4v) is 1.89. The second-order valence-electron chi connectivity index (χ2n) is 4.38. The molecule has 0 aromatic heterocycles. The highest BCUT2D eigenvalue weighted by atomic mass is 127. The number of carbonyl (C=O) groups is 1. The lowest BCUT2D eigenvalue weighted by Crippen LogP contribution is -2.46. The van der Waals surface area contributed by atoms with Gasteiger partial charge in [0.05, 0.1) is 6.54 Å². The molecular formula is C10H20IN3O. The average molecular weight is 325 g/mol. The Hall–Kier alpha value is 0.120. The number of nitrogens with one attached hydrogen (secondary N) is 1. The van der Waals surface area contributed by atoms with Gasteiger partial charge >= 0.3 is 0 Å². The second kappa shape index (κ2) is 6.65. The van der Waals surface area contributed by atoms with Crippen LogP contribution < -0.4 is 5.32 Å². The summed E-state index contributed by atoms with van der Waals surface area (Å²) < 4.78 is 2.26. The zero-order valence-corrected chi connectivity index (χ0v) is 11.7. The third-order valence-corrected chi connectivity index (χ3v) is 3.36. The van der Waals surface area contributed by atoms with Crippen molar-refractivity contribution in [2.75, 3.05) is 39.3 Å². The van der Waals surface area contributed by atoms with E-state index in [-0.39, 0.29) is 5.91 Å². The van der Waals surface area contributed by atoms with Gasteiger partial charge < -0.3 is 5.32 Å². The quantitative estimate of drug-likeness (QED) is 0.611. The Balaban J connectivity index is 2.15. The maximum Gasteiger partial charge on any atom is 0.234 e. The Morgan fingerprint density at radius 2 is 1.93 bits per heavy atom. The molecule has 1 saturated heterocycles. The predicted octanol–water partition coefficient (Wildman–Crippen LogP) is 0.726. The molecule has 0 bridgehead atoms. The summed E-state index contributed by atoms with van der Waals surface area (Å²) in [5.41, 5.74) is 0. The van der Waals surface area contributed by atoms with Crippen molar-refractivity contribution in [2.24, 2.45) is 5.92 Å². The van der Waals surface area contributed by atoms with Crippen molar-refractivity contribution in [3.05, 3.63) is 0 Å². The molecule has 0 saturated carbocycles. The van der Waals surface area contributed by atoms with Crippen LogP contribution in [0.3, 0.4) is 0 Å². The van der Waals surface area contributed by atoms with Crippen LogP contribution in [0, 0.1) is 5.92 Å². The number of halogens is 1. The van der Waals surface area contributed by atoms with Crippen LogP contribution in [0.15, 0.2) is 0 Å². The molecule has 4 nitrogen and oxygen atoms in total. The number of hydrogen-bond donors (Lipinski definition) is 1. The minimum absolute atomic E-state index is 0.158. The molecule has 0 unspecified atom stereocenters. The average Bonchev–Trinajstić information content (AvgIpc) is 2.19. The zero-order chi connectivity index (χ0) is 11.3. The van der Waals surface area contributed by atoms with Crippen molar-refractivity contribution < 1.29 is 4.79 Å². The summed E-state index contributed by atoms with van der Waals surface area (Å²) in [6.45, 7) is 9.65. The third-order valence-electron chi connectivity index (χ3n) is 2.39. The minimum atomic E-state index is 0.158. The molecule has 5 heteroatoms. The molecular weight excluding hydrogens is 305 g/mol. The van der Waals surface area contributed by atoms with Gasteiger partial charge in [-0.1, -0.05) is 13.8 Å². The molecule has 1 amide bonds. The molecule has 1 heterocycles. The van der Waals surface area contributed by atoms with E-state index in [1.54, 1.807) is 0 Å². The molecule has 0 aromatic carbocycles. The maximum atomic E-state index is 11.5. The third kappa shape index (κ3) is 5.67. The molecule has 15 heavy (non-hydrogen) atoms. The lowest BCUT2D eigenvalue weighted by Gasteiger charge is -2.30. The van der Waals surface area contributed by atoms with E-state index in [1.165, 1.54) is 0 Å². The molecule has 0 aliphatic carbocycles. The Morgan fingerprint density at radius 1 is 1.33 bits per heavy atom. The molecule has 1 fully saturated rings. The lowest BCUT2D eigenvalue weighted by molar-refractivity contribution is -0.122. The van der Waals surface area contributed by atoms with Crippen molar-refractivity contribution in [2.45, 2.75) is 13.8 Å². The number of piperazine rings is 1. The number of carbonyl (C=O) groups excluding carboxylic acids is 1. The molecule has 1 aliphatic rings. The summed E-state index contributed by atoms with van der Waals surface area (Å²) in [5.74, 6) is 0.686. The lowest BCUT2D eigenvalue weighted by atomic mass is 10.2. The second-order valence-corrected chi connectivity index (χ2v) is 5.75. The fourth-order valence-electron chi connectivity index (χ4n) is 1.46. The molecule has 0 radical (unpaired) electrons. The summed E-state index contributed by atoms with van der Waals surface area (Å²) in [6.07, 6.45) is 0. The van der Waals surface area contributed by atoms with Gasteiger partial charge in [0.25, 0.3) is 0 Å².